The van der Waals surface area contributed by atoms with E-state index in [9.17, 15) is 14.7 Å². The summed E-state index contributed by atoms with van der Waals surface area (Å²) in [5, 5.41) is 12.2. The van der Waals surface area contributed by atoms with Crippen molar-refractivity contribution in [3.8, 4) is 11.5 Å². The first-order valence-electron chi connectivity index (χ1n) is 8.03. The van der Waals surface area contributed by atoms with E-state index in [1.54, 1.807) is 37.3 Å². The van der Waals surface area contributed by atoms with Crippen molar-refractivity contribution in [2.24, 2.45) is 0 Å². The Hall–Kier alpha value is -2.28. The predicted octanol–water partition coefficient (Wildman–Crippen LogP) is 1.65. The molecule has 0 radical (unpaired) electrons. The summed E-state index contributed by atoms with van der Waals surface area (Å²) < 4.78 is 10.5. The summed E-state index contributed by atoms with van der Waals surface area (Å²) in [6.45, 7) is 2.44. The maximum Gasteiger partial charge on any atom is 0.320 e. The van der Waals surface area contributed by atoms with Gasteiger partial charge in [-0.05, 0) is 12.8 Å². The summed E-state index contributed by atoms with van der Waals surface area (Å²) in [6, 6.07) is 4.08. The third-order valence-corrected chi connectivity index (χ3v) is 4.13. The molecular weight excluding hydrogens is 312 g/mol. The maximum absolute atomic E-state index is 12.7. The fourth-order valence-corrected chi connectivity index (χ4v) is 2.85. The van der Waals surface area contributed by atoms with E-state index in [-0.39, 0.29) is 5.91 Å². The van der Waals surface area contributed by atoms with E-state index in [2.05, 4.69) is 5.32 Å². The summed E-state index contributed by atoms with van der Waals surface area (Å²) in [6.07, 6.45) is 1.79. The molecule has 1 aliphatic rings. The molecule has 1 fully saturated rings. The molecule has 7 heteroatoms. The molecule has 7 nitrogen and oxygen atoms in total. The summed E-state index contributed by atoms with van der Waals surface area (Å²) in [7, 11) is 3.11. The van der Waals surface area contributed by atoms with Crippen molar-refractivity contribution < 1.29 is 24.2 Å². The van der Waals surface area contributed by atoms with Gasteiger partial charge in [-0.3, -0.25) is 14.9 Å². The lowest BCUT2D eigenvalue weighted by atomic mass is 10.1. The average Bonchev–Trinajstić information content (AvgIpc) is 2.94. The van der Waals surface area contributed by atoms with E-state index in [1.807, 2.05) is 6.92 Å². The summed E-state index contributed by atoms with van der Waals surface area (Å²) in [4.78, 5) is 25.6. The number of carboxylic acids is 1. The van der Waals surface area contributed by atoms with Crippen LogP contribution in [-0.2, 0) is 9.59 Å². The molecule has 1 aromatic carbocycles. The van der Waals surface area contributed by atoms with E-state index < -0.39 is 18.1 Å². The minimum atomic E-state index is -0.925. The maximum atomic E-state index is 12.7. The lowest BCUT2D eigenvalue weighted by Crippen LogP contribution is -2.47. The number of hydrogen-bond acceptors (Lipinski definition) is 5. The van der Waals surface area contributed by atoms with Crippen molar-refractivity contribution in [1.82, 2.24) is 5.32 Å². The van der Waals surface area contributed by atoms with Gasteiger partial charge >= 0.3 is 5.97 Å². The van der Waals surface area contributed by atoms with Crippen LogP contribution < -0.4 is 19.7 Å². The SMILES string of the molecule is CCCC(NC1CCN(c2cc(OC)cc(OC)c2)C1=O)C(=O)O. The van der Waals surface area contributed by atoms with Crippen LogP contribution in [-0.4, -0.2) is 49.8 Å². The van der Waals surface area contributed by atoms with Crippen LogP contribution >= 0.6 is 0 Å². The quantitative estimate of drug-likeness (QED) is 0.750. The van der Waals surface area contributed by atoms with Crippen LogP contribution in [0.5, 0.6) is 11.5 Å². The number of nitrogens with zero attached hydrogens (tertiary/aromatic N) is 1. The van der Waals surface area contributed by atoms with Crippen LogP contribution in [0.15, 0.2) is 18.2 Å². The first-order valence-corrected chi connectivity index (χ1v) is 8.03. The van der Waals surface area contributed by atoms with E-state index >= 15 is 0 Å². The number of carbonyl (C=O) groups is 2. The molecule has 0 saturated carbocycles. The molecule has 2 rings (SSSR count). The number of aliphatic carboxylic acids is 1. The molecule has 0 aliphatic carbocycles. The monoisotopic (exact) mass is 336 g/mol. The molecule has 1 amide bonds. The predicted molar refractivity (Wildman–Crippen MR) is 89.8 cm³/mol. The van der Waals surface area contributed by atoms with Gasteiger partial charge in [0.05, 0.1) is 25.9 Å². The molecule has 132 valence electrons. The summed E-state index contributed by atoms with van der Waals surface area (Å²) >= 11 is 0. The molecular formula is C17H24N2O5. The van der Waals surface area contributed by atoms with Crippen LogP contribution in [0.4, 0.5) is 5.69 Å². The number of methoxy groups -OCH3 is 2. The zero-order chi connectivity index (χ0) is 17.7. The molecule has 1 heterocycles. The van der Waals surface area contributed by atoms with Crippen LogP contribution in [0.1, 0.15) is 26.2 Å². The van der Waals surface area contributed by atoms with Gasteiger partial charge in [0.1, 0.15) is 17.5 Å². The van der Waals surface area contributed by atoms with Gasteiger partial charge in [0, 0.05) is 24.7 Å². The largest absolute Gasteiger partial charge is 0.497 e. The number of carboxylic acid groups (broad SMARTS) is 1. The molecule has 1 saturated heterocycles. The topological polar surface area (TPSA) is 88.1 Å². The minimum Gasteiger partial charge on any atom is -0.497 e. The second-order valence-electron chi connectivity index (χ2n) is 5.75. The number of anilines is 1. The fraction of sp³-hybridized carbons (Fsp3) is 0.529. The van der Waals surface area contributed by atoms with Gasteiger partial charge in [-0.1, -0.05) is 13.3 Å². The average molecular weight is 336 g/mol. The Bertz CT molecular complexity index is 582. The molecule has 2 unspecified atom stereocenters. The number of ether oxygens (including phenoxy) is 2. The molecule has 1 aromatic rings. The van der Waals surface area contributed by atoms with Crippen molar-refractivity contribution in [3.63, 3.8) is 0 Å². The normalized spacial score (nSPS) is 18.5. The Labute approximate surface area is 141 Å². The highest BCUT2D eigenvalue weighted by atomic mass is 16.5. The zero-order valence-corrected chi connectivity index (χ0v) is 14.2. The van der Waals surface area contributed by atoms with E-state index in [0.717, 1.165) is 6.42 Å². The van der Waals surface area contributed by atoms with Crippen LogP contribution in [0.3, 0.4) is 0 Å². The first kappa shape index (κ1) is 18.1. The lowest BCUT2D eigenvalue weighted by Gasteiger charge is -2.21. The molecule has 0 aromatic heterocycles. The van der Waals surface area contributed by atoms with Crippen molar-refractivity contribution in [2.75, 3.05) is 25.7 Å². The third-order valence-electron chi connectivity index (χ3n) is 4.13. The molecule has 24 heavy (non-hydrogen) atoms. The number of rotatable bonds is 8. The van der Waals surface area contributed by atoms with Crippen LogP contribution in [0.25, 0.3) is 0 Å². The Morgan fingerprint density at radius 3 is 2.46 bits per heavy atom. The zero-order valence-electron chi connectivity index (χ0n) is 14.2. The van der Waals surface area contributed by atoms with E-state index in [0.29, 0.717) is 36.6 Å². The third kappa shape index (κ3) is 3.97. The Balaban J connectivity index is 2.15. The van der Waals surface area contributed by atoms with E-state index in [1.165, 1.54) is 0 Å². The van der Waals surface area contributed by atoms with Crippen molar-refractivity contribution in [2.45, 2.75) is 38.3 Å². The van der Waals surface area contributed by atoms with Gasteiger partial charge in [0.2, 0.25) is 5.91 Å². The van der Waals surface area contributed by atoms with Gasteiger partial charge in [-0.15, -0.1) is 0 Å². The molecule has 2 N–H and O–H groups in total. The second kappa shape index (κ2) is 8.01. The lowest BCUT2D eigenvalue weighted by molar-refractivity contribution is -0.140. The van der Waals surface area contributed by atoms with Crippen LogP contribution in [0, 0.1) is 0 Å². The summed E-state index contributed by atoms with van der Waals surface area (Å²) in [5.41, 5.74) is 0.683. The van der Waals surface area contributed by atoms with Gasteiger partial charge in [-0.25, -0.2) is 0 Å². The molecule has 0 spiro atoms. The molecule has 0 bridgehead atoms. The van der Waals surface area contributed by atoms with Gasteiger partial charge < -0.3 is 19.5 Å². The number of hydrogen-bond donors (Lipinski definition) is 2. The van der Waals surface area contributed by atoms with E-state index in [4.69, 9.17) is 9.47 Å². The fourth-order valence-electron chi connectivity index (χ4n) is 2.85. The van der Waals surface area contributed by atoms with Gasteiger partial charge in [0.25, 0.3) is 0 Å². The number of nitrogens with one attached hydrogen (secondary N) is 1. The highest BCUT2D eigenvalue weighted by molar-refractivity contribution is 6.00. The number of amides is 1. The van der Waals surface area contributed by atoms with Crippen molar-refractivity contribution in [1.29, 1.82) is 0 Å². The highest BCUT2D eigenvalue weighted by Crippen LogP contribution is 2.31. The second-order valence-corrected chi connectivity index (χ2v) is 5.75. The molecule has 2 atom stereocenters. The Morgan fingerprint density at radius 2 is 1.96 bits per heavy atom. The Morgan fingerprint density at radius 1 is 1.33 bits per heavy atom. The van der Waals surface area contributed by atoms with Crippen molar-refractivity contribution >= 4 is 17.6 Å². The highest BCUT2D eigenvalue weighted by Gasteiger charge is 2.35. The minimum absolute atomic E-state index is 0.132. The van der Waals surface area contributed by atoms with Crippen LogP contribution in [0.2, 0.25) is 0 Å². The van der Waals surface area contributed by atoms with Crippen molar-refractivity contribution in [3.05, 3.63) is 18.2 Å². The number of carbonyl (C=O) groups excluding carboxylic acids is 1. The smallest absolute Gasteiger partial charge is 0.320 e. The Kier molecular flexibility index (Phi) is 6.03. The van der Waals surface area contributed by atoms with Gasteiger partial charge in [-0.2, -0.15) is 0 Å². The standard InChI is InChI=1S/C17H24N2O5/c1-4-5-15(17(21)22)18-14-6-7-19(16(14)20)11-8-12(23-2)10-13(9-11)24-3/h8-10,14-15,18H,4-7H2,1-3H3,(H,21,22). The first-order chi connectivity index (χ1) is 11.5. The summed E-state index contributed by atoms with van der Waals surface area (Å²) in [5.74, 6) is 0.143. The van der Waals surface area contributed by atoms with Gasteiger partial charge in [0.15, 0.2) is 0 Å². The molecule has 1 aliphatic heterocycles. The number of benzene rings is 1.